The minimum absolute atomic E-state index is 0.0235. The monoisotopic (exact) mass is 234 g/mol. The minimum Gasteiger partial charge on any atom is -0.495 e. The van der Waals surface area contributed by atoms with Crippen LogP contribution in [0.4, 0.5) is 5.69 Å². The molecule has 0 aromatic heterocycles. The van der Waals surface area contributed by atoms with Crippen LogP contribution in [0.1, 0.15) is 6.92 Å². The van der Waals surface area contributed by atoms with E-state index in [-0.39, 0.29) is 11.3 Å². The Balaban J connectivity index is 2.51. The highest BCUT2D eigenvalue weighted by Gasteiger charge is 2.31. The van der Waals surface area contributed by atoms with E-state index in [0.717, 1.165) is 16.3 Å². The van der Waals surface area contributed by atoms with Crippen LogP contribution in [0, 0.1) is 11.3 Å². The Kier molecular flexibility index (Phi) is 2.97. The summed E-state index contributed by atoms with van der Waals surface area (Å²) < 4.78 is 5.36. The molecule has 2 atom stereocenters. The molecule has 1 aliphatic rings. The summed E-state index contributed by atoms with van der Waals surface area (Å²) in [4.78, 5) is 3.24. The maximum absolute atomic E-state index is 9.10. The number of anilines is 1. The average Bonchev–Trinajstić information content (AvgIpc) is 2.32. The molecule has 0 bridgehead atoms. The molecule has 2 rings (SSSR count). The summed E-state index contributed by atoms with van der Waals surface area (Å²) in [7, 11) is 3.69. The number of thioether (sulfide) groups is 1. The van der Waals surface area contributed by atoms with E-state index >= 15 is 0 Å². The number of para-hydroxylation sites is 1. The Morgan fingerprint density at radius 1 is 1.50 bits per heavy atom. The van der Waals surface area contributed by atoms with Crippen molar-refractivity contribution in [2.75, 3.05) is 19.1 Å². The van der Waals surface area contributed by atoms with E-state index in [0.29, 0.717) is 0 Å². The highest BCUT2D eigenvalue weighted by molar-refractivity contribution is 8.00. The van der Waals surface area contributed by atoms with Crippen molar-refractivity contribution in [2.45, 2.75) is 23.1 Å². The molecule has 0 aliphatic carbocycles. The Morgan fingerprint density at radius 3 is 2.88 bits per heavy atom. The van der Waals surface area contributed by atoms with Crippen molar-refractivity contribution >= 4 is 17.4 Å². The molecule has 0 spiro atoms. The van der Waals surface area contributed by atoms with Gasteiger partial charge in [-0.3, -0.25) is 0 Å². The first-order chi connectivity index (χ1) is 7.69. The molecule has 1 aliphatic heterocycles. The van der Waals surface area contributed by atoms with E-state index in [2.05, 4.69) is 17.9 Å². The van der Waals surface area contributed by atoms with Gasteiger partial charge in [-0.2, -0.15) is 5.26 Å². The zero-order valence-corrected chi connectivity index (χ0v) is 10.4. The zero-order chi connectivity index (χ0) is 11.7. The Hall–Kier alpha value is -1.34. The van der Waals surface area contributed by atoms with Gasteiger partial charge in [0, 0.05) is 11.9 Å². The maximum Gasteiger partial charge on any atom is 0.143 e. The van der Waals surface area contributed by atoms with Crippen LogP contribution in [0.2, 0.25) is 0 Å². The number of fused-ring (bicyclic) bond motifs is 1. The van der Waals surface area contributed by atoms with E-state index < -0.39 is 0 Å². The topological polar surface area (TPSA) is 36.3 Å². The van der Waals surface area contributed by atoms with E-state index in [4.69, 9.17) is 10.00 Å². The quantitative estimate of drug-likeness (QED) is 0.748. The third kappa shape index (κ3) is 1.61. The van der Waals surface area contributed by atoms with Crippen LogP contribution in [-0.4, -0.2) is 25.4 Å². The smallest absolute Gasteiger partial charge is 0.143 e. The predicted octanol–water partition coefficient (Wildman–Crippen LogP) is 2.52. The molecule has 4 heteroatoms. The fourth-order valence-electron chi connectivity index (χ4n) is 1.89. The van der Waals surface area contributed by atoms with Gasteiger partial charge in [-0.1, -0.05) is 6.07 Å². The first-order valence-corrected chi connectivity index (χ1v) is 6.03. The summed E-state index contributed by atoms with van der Waals surface area (Å²) in [6.45, 7) is 2.07. The van der Waals surface area contributed by atoms with Gasteiger partial charge in [0.1, 0.15) is 11.0 Å². The molecule has 0 radical (unpaired) electrons. The SMILES string of the molecule is COc1cccc2c1N(C)C(C)C(C#N)S2. The predicted molar refractivity (Wildman–Crippen MR) is 66.1 cm³/mol. The van der Waals surface area contributed by atoms with Gasteiger partial charge in [0.15, 0.2) is 0 Å². The summed E-state index contributed by atoms with van der Waals surface area (Å²) in [5.41, 5.74) is 1.09. The number of nitriles is 1. The number of nitrogens with zero attached hydrogens (tertiary/aromatic N) is 2. The van der Waals surface area contributed by atoms with Crippen LogP contribution in [0.3, 0.4) is 0 Å². The molecule has 0 saturated carbocycles. The maximum atomic E-state index is 9.10. The number of hydrogen-bond acceptors (Lipinski definition) is 4. The van der Waals surface area contributed by atoms with Crippen molar-refractivity contribution in [3.05, 3.63) is 18.2 Å². The Labute approximate surface area is 100 Å². The first-order valence-electron chi connectivity index (χ1n) is 5.15. The van der Waals surface area contributed by atoms with E-state index in [1.165, 1.54) is 0 Å². The summed E-state index contributed by atoms with van der Waals surface area (Å²) in [5.74, 6) is 0.871. The highest BCUT2D eigenvalue weighted by atomic mass is 32.2. The van der Waals surface area contributed by atoms with E-state index in [1.807, 2.05) is 25.2 Å². The molecule has 16 heavy (non-hydrogen) atoms. The van der Waals surface area contributed by atoms with Crippen molar-refractivity contribution < 1.29 is 4.74 Å². The van der Waals surface area contributed by atoms with Gasteiger partial charge in [-0.15, -0.1) is 11.8 Å². The van der Waals surface area contributed by atoms with Crippen molar-refractivity contribution in [2.24, 2.45) is 0 Å². The molecule has 0 fully saturated rings. The second-order valence-electron chi connectivity index (χ2n) is 3.83. The van der Waals surface area contributed by atoms with Gasteiger partial charge in [0.2, 0.25) is 0 Å². The van der Waals surface area contributed by atoms with Crippen LogP contribution < -0.4 is 9.64 Å². The summed E-state index contributed by atoms with van der Waals surface area (Å²) in [6.07, 6.45) is 0. The van der Waals surface area contributed by atoms with E-state index in [1.54, 1.807) is 18.9 Å². The van der Waals surface area contributed by atoms with Gasteiger partial charge >= 0.3 is 0 Å². The third-order valence-electron chi connectivity index (χ3n) is 2.96. The lowest BCUT2D eigenvalue weighted by atomic mass is 10.1. The number of benzene rings is 1. The molecule has 1 aromatic rings. The number of rotatable bonds is 1. The molecular formula is C12H14N2OS. The average molecular weight is 234 g/mol. The van der Waals surface area contributed by atoms with Crippen LogP contribution in [0.25, 0.3) is 0 Å². The standard InChI is InChI=1S/C12H14N2OS/c1-8-11(7-13)16-10-6-4-5-9(15-3)12(10)14(8)2/h4-6,8,11H,1-3H3. The molecule has 2 unspecified atom stereocenters. The number of ether oxygens (including phenoxy) is 1. The Bertz CT molecular complexity index is 441. The van der Waals surface area contributed by atoms with Crippen LogP contribution in [0.5, 0.6) is 5.75 Å². The lowest BCUT2D eigenvalue weighted by molar-refractivity contribution is 0.412. The first kappa shape index (κ1) is 11.2. The summed E-state index contributed by atoms with van der Waals surface area (Å²) in [5, 5.41) is 9.08. The van der Waals surface area contributed by atoms with E-state index in [9.17, 15) is 0 Å². The van der Waals surface area contributed by atoms with Gasteiger partial charge in [0.05, 0.1) is 24.9 Å². The second-order valence-corrected chi connectivity index (χ2v) is 5.01. The molecule has 1 heterocycles. The Morgan fingerprint density at radius 2 is 2.25 bits per heavy atom. The van der Waals surface area contributed by atoms with Crippen molar-refractivity contribution in [1.29, 1.82) is 5.26 Å². The number of methoxy groups -OCH3 is 1. The van der Waals surface area contributed by atoms with Crippen molar-refractivity contribution in [3.63, 3.8) is 0 Å². The summed E-state index contributed by atoms with van der Waals surface area (Å²) >= 11 is 1.62. The molecule has 0 amide bonds. The van der Waals surface area contributed by atoms with Crippen molar-refractivity contribution in [1.82, 2.24) is 0 Å². The van der Waals surface area contributed by atoms with Gasteiger partial charge < -0.3 is 9.64 Å². The molecule has 84 valence electrons. The number of hydrogen-bond donors (Lipinski definition) is 0. The molecule has 3 nitrogen and oxygen atoms in total. The van der Waals surface area contributed by atoms with Crippen molar-refractivity contribution in [3.8, 4) is 11.8 Å². The van der Waals surface area contributed by atoms with Crippen LogP contribution >= 0.6 is 11.8 Å². The molecule has 0 N–H and O–H groups in total. The molecular weight excluding hydrogens is 220 g/mol. The summed E-state index contributed by atoms with van der Waals surface area (Å²) in [6, 6.07) is 8.49. The van der Waals surface area contributed by atoms with Gasteiger partial charge in [0.25, 0.3) is 0 Å². The zero-order valence-electron chi connectivity index (χ0n) is 9.60. The minimum atomic E-state index is -0.0235. The van der Waals surface area contributed by atoms with Gasteiger partial charge in [-0.05, 0) is 19.1 Å². The largest absolute Gasteiger partial charge is 0.495 e. The normalized spacial score (nSPS) is 23.5. The second kappa shape index (κ2) is 4.26. The fourth-order valence-corrected chi connectivity index (χ4v) is 3.10. The third-order valence-corrected chi connectivity index (χ3v) is 4.30. The van der Waals surface area contributed by atoms with Crippen LogP contribution in [0.15, 0.2) is 23.1 Å². The molecule has 1 aromatic carbocycles. The molecule has 0 saturated heterocycles. The van der Waals surface area contributed by atoms with Crippen LogP contribution in [-0.2, 0) is 0 Å². The lowest BCUT2D eigenvalue weighted by Gasteiger charge is -2.37. The highest BCUT2D eigenvalue weighted by Crippen LogP contribution is 2.45. The fraction of sp³-hybridized carbons (Fsp3) is 0.417. The van der Waals surface area contributed by atoms with Gasteiger partial charge in [-0.25, -0.2) is 0 Å². The lowest BCUT2D eigenvalue weighted by Crippen LogP contribution is -2.40.